The van der Waals surface area contributed by atoms with Gasteiger partial charge in [0.25, 0.3) is 11.8 Å². The summed E-state index contributed by atoms with van der Waals surface area (Å²) in [5.74, 6) is -0.172. The maximum Gasteiger partial charge on any atom is 0.281 e. The van der Waals surface area contributed by atoms with Crippen LogP contribution in [0.2, 0.25) is 0 Å². The highest BCUT2D eigenvalue weighted by atomic mass is 32.1. The molecule has 0 atom stereocenters. The number of rotatable bonds is 4. The van der Waals surface area contributed by atoms with Gasteiger partial charge in [-0.2, -0.15) is 0 Å². The molecule has 2 heterocycles. The number of quaternary nitrogens is 1. The number of carbonyl (C=O) groups is 2. The second-order valence-electron chi connectivity index (χ2n) is 5.22. The van der Waals surface area contributed by atoms with E-state index in [2.05, 4.69) is 10.3 Å². The lowest BCUT2D eigenvalue weighted by Crippen LogP contribution is -3.15. The molecule has 2 rings (SSSR count). The third-order valence-corrected chi connectivity index (χ3v) is 4.31. The Morgan fingerprint density at radius 3 is 2.67 bits per heavy atom. The SMILES string of the molecule is Cc1nc(NC(=O)C[NH+]2CCOCC2)sc1C(=O)N(C)C. The lowest BCUT2D eigenvalue weighted by Gasteiger charge is -2.22. The van der Waals surface area contributed by atoms with Crippen molar-refractivity contribution in [3.63, 3.8) is 0 Å². The molecule has 1 aromatic rings. The first-order valence-corrected chi connectivity index (χ1v) is 7.69. The number of amides is 2. The van der Waals surface area contributed by atoms with E-state index >= 15 is 0 Å². The van der Waals surface area contributed by atoms with Gasteiger partial charge in [0.15, 0.2) is 11.7 Å². The van der Waals surface area contributed by atoms with Crippen LogP contribution in [0, 0.1) is 6.92 Å². The predicted molar refractivity (Wildman–Crippen MR) is 79.9 cm³/mol. The van der Waals surface area contributed by atoms with Crippen molar-refractivity contribution in [1.29, 1.82) is 0 Å². The number of hydrogen-bond donors (Lipinski definition) is 2. The van der Waals surface area contributed by atoms with E-state index in [-0.39, 0.29) is 11.8 Å². The van der Waals surface area contributed by atoms with Gasteiger partial charge in [-0.3, -0.25) is 14.9 Å². The first kappa shape index (κ1) is 15.9. The maximum absolute atomic E-state index is 12.0. The molecule has 2 N–H and O–H groups in total. The van der Waals surface area contributed by atoms with E-state index in [0.717, 1.165) is 13.1 Å². The van der Waals surface area contributed by atoms with Gasteiger partial charge >= 0.3 is 0 Å². The number of aryl methyl sites for hydroxylation is 1. The molecule has 2 amide bonds. The topological polar surface area (TPSA) is 76.0 Å². The van der Waals surface area contributed by atoms with E-state index in [9.17, 15) is 9.59 Å². The van der Waals surface area contributed by atoms with E-state index in [1.807, 2.05) is 0 Å². The molecule has 1 aliphatic heterocycles. The Bertz CT molecular complexity index is 523. The van der Waals surface area contributed by atoms with Crippen molar-refractivity contribution < 1.29 is 19.2 Å². The molecule has 0 unspecified atom stereocenters. The van der Waals surface area contributed by atoms with Gasteiger partial charge in [-0.25, -0.2) is 4.98 Å². The summed E-state index contributed by atoms with van der Waals surface area (Å²) in [7, 11) is 3.39. The first-order valence-electron chi connectivity index (χ1n) is 6.87. The average molecular weight is 313 g/mol. The van der Waals surface area contributed by atoms with Crippen LogP contribution in [0.1, 0.15) is 15.4 Å². The van der Waals surface area contributed by atoms with Crippen LogP contribution >= 0.6 is 11.3 Å². The lowest BCUT2D eigenvalue weighted by molar-refractivity contribution is -0.899. The van der Waals surface area contributed by atoms with Crippen molar-refractivity contribution in [3.8, 4) is 0 Å². The smallest absolute Gasteiger partial charge is 0.281 e. The molecule has 1 aliphatic rings. The van der Waals surface area contributed by atoms with Crippen molar-refractivity contribution in [2.45, 2.75) is 6.92 Å². The van der Waals surface area contributed by atoms with Crippen molar-refractivity contribution in [3.05, 3.63) is 10.6 Å². The fraction of sp³-hybridized carbons (Fsp3) is 0.615. The molecule has 21 heavy (non-hydrogen) atoms. The lowest BCUT2D eigenvalue weighted by atomic mass is 10.3. The predicted octanol–water partition coefficient (Wildman–Crippen LogP) is -0.993. The molecular weight excluding hydrogens is 292 g/mol. The summed E-state index contributed by atoms with van der Waals surface area (Å²) in [5.41, 5.74) is 0.646. The Hall–Kier alpha value is -1.51. The summed E-state index contributed by atoms with van der Waals surface area (Å²) in [6.45, 7) is 5.25. The number of ether oxygens (including phenoxy) is 1. The summed E-state index contributed by atoms with van der Waals surface area (Å²) >= 11 is 1.22. The Morgan fingerprint density at radius 2 is 2.05 bits per heavy atom. The average Bonchev–Trinajstić information content (AvgIpc) is 2.79. The Kier molecular flexibility index (Phi) is 5.27. The summed E-state index contributed by atoms with van der Waals surface area (Å²) < 4.78 is 5.26. The number of nitrogens with zero attached hydrogens (tertiary/aromatic N) is 2. The zero-order valence-electron chi connectivity index (χ0n) is 12.6. The standard InChI is InChI=1S/C13H20N4O3S/c1-9-11(12(19)16(2)3)21-13(14-9)15-10(18)8-17-4-6-20-7-5-17/h4-8H2,1-3H3,(H,14,15,18)/p+1. The highest BCUT2D eigenvalue weighted by Crippen LogP contribution is 2.23. The second kappa shape index (κ2) is 6.97. The van der Waals surface area contributed by atoms with Crippen LogP contribution in [-0.2, 0) is 9.53 Å². The summed E-state index contributed by atoms with van der Waals surface area (Å²) in [6.07, 6.45) is 0. The highest BCUT2D eigenvalue weighted by molar-refractivity contribution is 7.17. The number of nitrogens with one attached hydrogen (secondary N) is 2. The summed E-state index contributed by atoms with van der Waals surface area (Å²) in [6, 6.07) is 0. The van der Waals surface area contributed by atoms with Crippen LogP contribution in [0.15, 0.2) is 0 Å². The molecule has 116 valence electrons. The molecule has 0 saturated carbocycles. The Balaban J connectivity index is 1.94. The number of hydrogen-bond acceptors (Lipinski definition) is 5. The molecule has 1 saturated heterocycles. The van der Waals surface area contributed by atoms with Gasteiger partial charge in [-0.1, -0.05) is 11.3 Å². The van der Waals surface area contributed by atoms with Gasteiger partial charge < -0.3 is 14.5 Å². The zero-order valence-corrected chi connectivity index (χ0v) is 13.4. The zero-order chi connectivity index (χ0) is 15.4. The van der Waals surface area contributed by atoms with Crippen molar-refractivity contribution >= 4 is 28.3 Å². The second-order valence-corrected chi connectivity index (χ2v) is 6.22. The highest BCUT2D eigenvalue weighted by Gasteiger charge is 2.21. The Labute approximate surface area is 127 Å². The van der Waals surface area contributed by atoms with Gasteiger partial charge in [0, 0.05) is 14.1 Å². The van der Waals surface area contributed by atoms with E-state index in [0.29, 0.717) is 35.5 Å². The van der Waals surface area contributed by atoms with Gasteiger partial charge in [-0.15, -0.1) is 0 Å². The first-order chi connectivity index (χ1) is 9.97. The minimum Gasteiger partial charge on any atom is -0.370 e. The fourth-order valence-corrected chi connectivity index (χ4v) is 3.08. The molecular formula is C13H21N4O3S+. The van der Waals surface area contributed by atoms with Crippen molar-refractivity contribution in [2.75, 3.05) is 52.3 Å². The van der Waals surface area contributed by atoms with Gasteiger partial charge in [0.2, 0.25) is 0 Å². The fourth-order valence-electron chi connectivity index (χ4n) is 2.08. The number of anilines is 1. The molecule has 0 radical (unpaired) electrons. The van der Waals surface area contributed by atoms with Gasteiger partial charge in [-0.05, 0) is 6.92 Å². The van der Waals surface area contributed by atoms with Crippen LogP contribution < -0.4 is 10.2 Å². The van der Waals surface area contributed by atoms with Crippen LogP contribution in [-0.4, -0.2) is 68.6 Å². The largest absolute Gasteiger partial charge is 0.370 e. The molecule has 0 aromatic carbocycles. The minimum absolute atomic E-state index is 0.0792. The van der Waals surface area contributed by atoms with Crippen molar-refractivity contribution in [2.24, 2.45) is 0 Å². The maximum atomic E-state index is 12.0. The minimum atomic E-state index is -0.0932. The molecule has 0 bridgehead atoms. The monoisotopic (exact) mass is 313 g/mol. The van der Waals surface area contributed by atoms with Crippen LogP contribution in [0.4, 0.5) is 5.13 Å². The summed E-state index contributed by atoms with van der Waals surface area (Å²) in [5, 5.41) is 3.26. The number of carbonyl (C=O) groups excluding carboxylic acids is 2. The van der Waals surface area contributed by atoms with E-state index in [4.69, 9.17) is 4.74 Å². The number of morpholine rings is 1. The molecule has 0 spiro atoms. The van der Waals surface area contributed by atoms with Crippen LogP contribution in [0.25, 0.3) is 0 Å². The summed E-state index contributed by atoms with van der Waals surface area (Å²) in [4.78, 5) is 31.5. The van der Waals surface area contributed by atoms with E-state index in [1.54, 1.807) is 21.0 Å². The number of thiazole rings is 1. The van der Waals surface area contributed by atoms with E-state index < -0.39 is 0 Å². The molecule has 8 heteroatoms. The van der Waals surface area contributed by atoms with Gasteiger partial charge in [0.05, 0.1) is 18.9 Å². The molecule has 7 nitrogen and oxygen atoms in total. The van der Waals surface area contributed by atoms with Gasteiger partial charge in [0.1, 0.15) is 18.0 Å². The quantitative estimate of drug-likeness (QED) is 0.748. The molecule has 1 fully saturated rings. The van der Waals surface area contributed by atoms with E-state index in [1.165, 1.54) is 21.1 Å². The van der Waals surface area contributed by atoms with Crippen LogP contribution in [0.5, 0.6) is 0 Å². The molecule has 0 aliphatic carbocycles. The Morgan fingerprint density at radius 1 is 1.38 bits per heavy atom. The van der Waals surface area contributed by atoms with Crippen LogP contribution in [0.3, 0.4) is 0 Å². The number of aromatic nitrogens is 1. The third kappa shape index (κ3) is 4.23. The van der Waals surface area contributed by atoms with Crippen molar-refractivity contribution in [1.82, 2.24) is 9.88 Å². The molecule has 1 aromatic heterocycles. The normalized spacial score (nSPS) is 15.8. The third-order valence-electron chi connectivity index (χ3n) is 3.25.